The molecule has 0 aromatic heterocycles. The first-order valence-electron chi connectivity index (χ1n) is 7.84. The number of nitrogens with zero attached hydrogens (tertiary/aromatic N) is 1. The highest BCUT2D eigenvalue weighted by Gasteiger charge is 2.36. The molecule has 0 N–H and O–H groups in total. The highest BCUT2D eigenvalue weighted by molar-refractivity contribution is 5.81. The highest BCUT2D eigenvalue weighted by Crippen LogP contribution is 2.24. The molecule has 1 rings (SSSR count). The van der Waals surface area contributed by atoms with E-state index in [4.69, 9.17) is 4.74 Å². The van der Waals surface area contributed by atoms with Gasteiger partial charge in [0.15, 0.2) is 0 Å². The number of carbonyl (C=O) groups is 1. The van der Waals surface area contributed by atoms with Crippen LogP contribution in [-0.2, 0) is 16.1 Å². The SMILES string of the molecule is C=CC(=O)OC(CCC)[N+](CC)(CC)Cc1ccccc1.[Br-]. The number of benzene rings is 1. The monoisotopic (exact) mass is 369 g/mol. The number of hydrogen-bond acceptors (Lipinski definition) is 2. The first kappa shape index (κ1) is 20.9. The normalized spacial score (nSPS) is 12.1. The van der Waals surface area contributed by atoms with Crippen LogP contribution in [0.15, 0.2) is 43.0 Å². The molecule has 0 radical (unpaired) electrons. The summed E-state index contributed by atoms with van der Waals surface area (Å²) in [6.45, 7) is 12.7. The van der Waals surface area contributed by atoms with Crippen LogP contribution in [0.2, 0.25) is 0 Å². The topological polar surface area (TPSA) is 26.3 Å². The third kappa shape index (κ3) is 5.58. The highest BCUT2D eigenvalue weighted by atomic mass is 79.9. The van der Waals surface area contributed by atoms with Gasteiger partial charge in [0.25, 0.3) is 0 Å². The molecule has 0 aliphatic carbocycles. The van der Waals surface area contributed by atoms with Crippen LogP contribution in [-0.4, -0.2) is 29.8 Å². The van der Waals surface area contributed by atoms with Gasteiger partial charge in [0.1, 0.15) is 6.54 Å². The van der Waals surface area contributed by atoms with Crippen LogP contribution >= 0.6 is 0 Å². The molecule has 1 aromatic rings. The third-order valence-electron chi connectivity index (χ3n) is 4.17. The first-order valence-corrected chi connectivity index (χ1v) is 7.84. The summed E-state index contributed by atoms with van der Waals surface area (Å²) >= 11 is 0. The number of rotatable bonds is 9. The van der Waals surface area contributed by atoms with Crippen molar-refractivity contribution in [3.63, 3.8) is 0 Å². The molecule has 0 saturated heterocycles. The van der Waals surface area contributed by atoms with Crippen LogP contribution in [0.5, 0.6) is 0 Å². The molecule has 1 aromatic carbocycles. The lowest BCUT2D eigenvalue weighted by molar-refractivity contribution is -0.978. The second-order valence-electron chi connectivity index (χ2n) is 5.38. The van der Waals surface area contributed by atoms with E-state index in [9.17, 15) is 4.79 Å². The van der Waals surface area contributed by atoms with E-state index < -0.39 is 0 Å². The third-order valence-corrected chi connectivity index (χ3v) is 4.17. The summed E-state index contributed by atoms with van der Waals surface area (Å²) < 4.78 is 6.44. The fraction of sp³-hybridized carbons (Fsp3) is 0.500. The van der Waals surface area contributed by atoms with E-state index in [1.165, 1.54) is 11.6 Å². The van der Waals surface area contributed by atoms with Gasteiger partial charge in [0.05, 0.1) is 13.1 Å². The van der Waals surface area contributed by atoms with E-state index >= 15 is 0 Å². The van der Waals surface area contributed by atoms with Crippen LogP contribution in [0.25, 0.3) is 0 Å². The molecule has 4 heteroatoms. The van der Waals surface area contributed by atoms with Crippen molar-refractivity contribution in [1.82, 2.24) is 0 Å². The molecule has 0 aliphatic rings. The number of halogens is 1. The quantitative estimate of drug-likeness (QED) is 0.280. The summed E-state index contributed by atoms with van der Waals surface area (Å²) in [6.07, 6.45) is 3.00. The van der Waals surface area contributed by atoms with Crippen molar-refractivity contribution in [2.75, 3.05) is 13.1 Å². The molecule has 0 heterocycles. The minimum absolute atomic E-state index is 0. The lowest BCUT2D eigenvalue weighted by Crippen LogP contribution is -3.00. The Balaban J connectivity index is 0.00000441. The standard InChI is InChI=1S/C18H28NO2.BrH/c1-5-12-17(21-18(20)6-2)19(7-3,8-4)15-16-13-10-9-11-14-16;/h6,9-11,13-14,17H,2,5,7-8,12,15H2,1,3-4H3;1H/q+1;/p-1. The maximum Gasteiger partial charge on any atom is 0.334 e. The fourth-order valence-electron chi connectivity index (χ4n) is 2.78. The van der Waals surface area contributed by atoms with E-state index in [2.05, 4.69) is 51.6 Å². The van der Waals surface area contributed by atoms with Gasteiger partial charge in [-0.3, -0.25) is 4.48 Å². The van der Waals surface area contributed by atoms with Gasteiger partial charge in [-0.1, -0.05) is 43.8 Å². The van der Waals surface area contributed by atoms with Crippen molar-refractivity contribution >= 4 is 5.97 Å². The van der Waals surface area contributed by atoms with Gasteiger partial charge >= 0.3 is 5.97 Å². The number of esters is 1. The van der Waals surface area contributed by atoms with Crippen molar-refractivity contribution < 1.29 is 31.0 Å². The molecule has 1 unspecified atom stereocenters. The van der Waals surface area contributed by atoms with Gasteiger partial charge in [-0.25, -0.2) is 4.79 Å². The van der Waals surface area contributed by atoms with Gasteiger partial charge < -0.3 is 21.7 Å². The van der Waals surface area contributed by atoms with E-state index in [0.29, 0.717) is 0 Å². The second-order valence-corrected chi connectivity index (χ2v) is 5.38. The average Bonchev–Trinajstić information content (AvgIpc) is 2.53. The van der Waals surface area contributed by atoms with Crippen molar-refractivity contribution in [2.45, 2.75) is 46.4 Å². The summed E-state index contributed by atoms with van der Waals surface area (Å²) in [7, 11) is 0. The Hall–Kier alpha value is -1.13. The zero-order chi connectivity index (χ0) is 15.7. The first-order chi connectivity index (χ1) is 10.1. The summed E-state index contributed by atoms with van der Waals surface area (Å²) in [5, 5.41) is 0. The van der Waals surface area contributed by atoms with Gasteiger partial charge in [0, 0.05) is 18.1 Å². The predicted octanol–water partition coefficient (Wildman–Crippen LogP) is 0.903. The molecule has 0 amide bonds. The maximum atomic E-state index is 11.7. The van der Waals surface area contributed by atoms with Crippen LogP contribution in [0.1, 0.15) is 39.2 Å². The second kappa shape index (κ2) is 10.6. The van der Waals surface area contributed by atoms with Gasteiger partial charge in [-0.05, 0) is 20.3 Å². The van der Waals surface area contributed by atoms with E-state index in [1.54, 1.807) is 0 Å². The number of ether oxygens (including phenoxy) is 1. The zero-order valence-corrected chi connectivity index (χ0v) is 15.5. The molecule has 0 bridgehead atoms. The summed E-state index contributed by atoms with van der Waals surface area (Å²) in [5.41, 5.74) is 1.27. The summed E-state index contributed by atoms with van der Waals surface area (Å²) in [5.74, 6) is -0.328. The largest absolute Gasteiger partial charge is 1.00 e. The number of quaternary nitrogens is 1. The Morgan fingerprint density at radius 3 is 2.27 bits per heavy atom. The minimum atomic E-state index is -0.328. The van der Waals surface area contributed by atoms with E-state index in [-0.39, 0.29) is 29.2 Å². The Bertz CT molecular complexity index is 444. The van der Waals surface area contributed by atoms with Crippen molar-refractivity contribution in [2.24, 2.45) is 0 Å². The van der Waals surface area contributed by atoms with Crippen molar-refractivity contribution in [3.8, 4) is 0 Å². The smallest absolute Gasteiger partial charge is 0.334 e. The molecule has 3 nitrogen and oxygen atoms in total. The molecule has 124 valence electrons. The summed E-state index contributed by atoms with van der Waals surface area (Å²) in [6, 6.07) is 10.4. The molecule has 1 atom stereocenters. The van der Waals surface area contributed by atoms with Gasteiger partial charge in [-0.15, -0.1) is 0 Å². The molecule has 22 heavy (non-hydrogen) atoms. The van der Waals surface area contributed by atoms with Crippen LogP contribution < -0.4 is 17.0 Å². The molecule has 0 spiro atoms. The molecule has 0 fully saturated rings. The Morgan fingerprint density at radius 1 is 1.23 bits per heavy atom. The predicted molar refractivity (Wildman–Crippen MR) is 86.5 cm³/mol. The fourth-order valence-corrected chi connectivity index (χ4v) is 2.78. The molecule has 0 aliphatic heterocycles. The molecular formula is C18H28BrNO2. The van der Waals surface area contributed by atoms with Crippen LogP contribution in [0.3, 0.4) is 0 Å². The maximum absolute atomic E-state index is 11.7. The lowest BCUT2D eigenvalue weighted by Gasteiger charge is -2.42. The Labute approximate surface area is 145 Å². The zero-order valence-electron chi connectivity index (χ0n) is 13.9. The number of carbonyl (C=O) groups excluding carboxylic acids is 1. The van der Waals surface area contributed by atoms with Crippen molar-refractivity contribution in [1.29, 1.82) is 0 Å². The Kier molecular flexibility index (Phi) is 10.0. The van der Waals surface area contributed by atoms with Gasteiger partial charge in [-0.2, -0.15) is 0 Å². The molecular weight excluding hydrogens is 342 g/mol. The number of hydrogen-bond donors (Lipinski definition) is 0. The lowest BCUT2D eigenvalue weighted by atomic mass is 10.1. The van der Waals surface area contributed by atoms with Crippen LogP contribution in [0, 0.1) is 0 Å². The van der Waals surface area contributed by atoms with Gasteiger partial charge in [0.2, 0.25) is 6.23 Å². The Morgan fingerprint density at radius 2 is 1.82 bits per heavy atom. The summed E-state index contributed by atoms with van der Waals surface area (Å²) in [4.78, 5) is 11.7. The van der Waals surface area contributed by atoms with Crippen LogP contribution in [0.4, 0.5) is 0 Å². The minimum Gasteiger partial charge on any atom is -1.00 e. The van der Waals surface area contributed by atoms with E-state index in [0.717, 1.165) is 37.0 Å². The van der Waals surface area contributed by atoms with E-state index in [1.807, 2.05) is 6.07 Å². The molecule has 0 saturated carbocycles. The van der Waals surface area contributed by atoms with Crippen molar-refractivity contribution in [3.05, 3.63) is 48.6 Å². The average molecular weight is 370 g/mol.